The third-order valence-electron chi connectivity index (χ3n) is 4.23. The highest BCUT2D eigenvalue weighted by atomic mass is 16.6. The largest absolute Gasteiger partial charge is 0.459 e. The molecule has 0 aromatic carbocycles. The molecule has 20 heavy (non-hydrogen) atoms. The lowest BCUT2D eigenvalue weighted by molar-refractivity contribution is -0.157. The molecule has 0 aromatic heterocycles. The normalized spacial score (nSPS) is 29.8. The van der Waals surface area contributed by atoms with Crippen LogP contribution in [-0.4, -0.2) is 47.7 Å². The molecule has 2 atom stereocenters. The van der Waals surface area contributed by atoms with Crippen LogP contribution in [0.25, 0.3) is 0 Å². The van der Waals surface area contributed by atoms with Crippen LogP contribution in [0.1, 0.15) is 59.8 Å². The van der Waals surface area contributed by atoms with E-state index < -0.39 is 0 Å². The number of carbonyl (C=O) groups is 1. The molecule has 2 fully saturated rings. The van der Waals surface area contributed by atoms with Crippen LogP contribution in [-0.2, 0) is 9.53 Å². The van der Waals surface area contributed by atoms with Crippen LogP contribution in [0.2, 0.25) is 0 Å². The fraction of sp³-hybridized carbons (Fsp3) is 0.938. The maximum absolute atomic E-state index is 12.1. The van der Waals surface area contributed by atoms with Crippen LogP contribution in [0.4, 0.5) is 0 Å². The fourth-order valence-corrected chi connectivity index (χ4v) is 3.54. The number of esters is 1. The van der Waals surface area contributed by atoms with Gasteiger partial charge in [-0.1, -0.05) is 6.92 Å². The highest BCUT2D eigenvalue weighted by Crippen LogP contribution is 2.29. The van der Waals surface area contributed by atoms with Crippen LogP contribution in [0.3, 0.4) is 0 Å². The molecule has 2 heterocycles. The van der Waals surface area contributed by atoms with Gasteiger partial charge in [-0.05, 0) is 59.4 Å². The first-order chi connectivity index (χ1) is 9.37. The first-order valence-corrected chi connectivity index (χ1v) is 8.09. The SMILES string of the molecule is CCCN(CC(=O)OC(C)(C)C)C1CC2CCC(C1)N2. The monoisotopic (exact) mass is 282 g/mol. The molecule has 4 heteroatoms. The van der Waals surface area contributed by atoms with Gasteiger partial charge >= 0.3 is 5.97 Å². The molecule has 2 rings (SSSR count). The van der Waals surface area contributed by atoms with Crippen LogP contribution in [0, 0.1) is 0 Å². The third-order valence-corrected chi connectivity index (χ3v) is 4.23. The predicted octanol–water partition coefficient (Wildman–Crippen LogP) is 2.32. The van der Waals surface area contributed by atoms with Gasteiger partial charge in [0.15, 0.2) is 0 Å². The van der Waals surface area contributed by atoms with Gasteiger partial charge < -0.3 is 10.1 Å². The molecule has 2 unspecified atom stereocenters. The highest BCUT2D eigenvalue weighted by Gasteiger charge is 2.36. The van der Waals surface area contributed by atoms with Crippen LogP contribution in [0.15, 0.2) is 0 Å². The molecular weight excluding hydrogens is 252 g/mol. The predicted molar refractivity (Wildman–Crippen MR) is 80.7 cm³/mol. The second kappa shape index (κ2) is 6.44. The van der Waals surface area contributed by atoms with E-state index in [2.05, 4.69) is 17.1 Å². The number of nitrogens with zero attached hydrogens (tertiary/aromatic N) is 1. The van der Waals surface area contributed by atoms with E-state index in [9.17, 15) is 4.79 Å². The average molecular weight is 282 g/mol. The third kappa shape index (κ3) is 4.45. The summed E-state index contributed by atoms with van der Waals surface area (Å²) in [6, 6.07) is 1.87. The summed E-state index contributed by atoms with van der Waals surface area (Å²) in [7, 11) is 0. The van der Waals surface area contributed by atoms with Gasteiger partial charge in [-0.3, -0.25) is 9.69 Å². The minimum absolute atomic E-state index is 0.0863. The van der Waals surface area contributed by atoms with E-state index in [0.29, 0.717) is 24.7 Å². The molecule has 2 aliphatic rings. The van der Waals surface area contributed by atoms with Crippen molar-refractivity contribution in [1.29, 1.82) is 0 Å². The zero-order valence-corrected chi connectivity index (χ0v) is 13.4. The minimum Gasteiger partial charge on any atom is -0.459 e. The summed E-state index contributed by atoms with van der Waals surface area (Å²) in [5.41, 5.74) is -0.387. The molecule has 0 radical (unpaired) electrons. The number of hydrogen-bond acceptors (Lipinski definition) is 4. The zero-order valence-electron chi connectivity index (χ0n) is 13.4. The topological polar surface area (TPSA) is 41.6 Å². The van der Waals surface area contributed by atoms with Crippen molar-refractivity contribution < 1.29 is 9.53 Å². The average Bonchev–Trinajstić information content (AvgIpc) is 2.65. The Balaban J connectivity index is 1.91. The number of rotatable bonds is 5. The number of fused-ring (bicyclic) bond motifs is 2. The van der Waals surface area contributed by atoms with Crippen molar-refractivity contribution in [3.63, 3.8) is 0 Å². The Labute approximate surface area is 123 Å². The van der Waals surface area contributed by atoms with E-state index in [4.69, 9.17) is 4.74 Å². The second-order valence-corrected chi connectivity index (χ2v) is 7.32. The Bertz CT molecular complexity index is 326. The fourth-order valence-electron chi connectivity index (χ4n) is 3.54. The van der Waals surface area contributed by atoms with Gasteiger partial charge in [-0.15, -0.1) is 0 Å². The summed E-state index contributed by atoms with van der Waals surface area (Å²) in [6.07, 6.45) is 6.04. The van der Waals surface area contributed by atoms with Crippen molar-refractivity contribution in [3.05, 3.63) is 0 Å². The van der Waals surface area contributed by atoms with Crippen molar-refractivity contribution in [1.82, 2.24) is 10.2 Å². The molecule has 116 valence electrons. The van der Waals surface area contributed by atoms with Crippen molar-refractivity contribution >= 4 is 5.97 Å². The smallest absolute Gasteiger partial charge is 0.320 e. The van der Waals surface area contributed by atoms with Gasteiger partial charge in [0.05, 0.1) is 6.54 Å². The van der Waals surface area contributed by atoms with Gasteiger partial charge in [0.25, 0.3) is 0 Å². The molecule has 4 nitrogen and oxygen atoms in total. The lowest BCUT2D eigenvalue weighted by Gasteiger charge is -2.37. The van der Waals surface area contributed by atoms with E-state index in [1.54, 1.807) is 0 Å². The molecule has 0 saturated carbocycles. The molecule has 0 spiro atoms. The summed E-state index contributed by atoms with van der Waals surface area (Å²) in [4.78, 5) is 14.4. The molecule has 0 aromatic rings. The van der Waals surface area contributed by atoms with Crippen LogP contribution < -0.4 is 5.32 Å². The molecule has 2 aliphatic heterocycles. The number of nitrogens with one attached hydrogen (secondary N) is 1. The van der Waals surface area contributed by atoms with E-state index in [-0.39, 0.29) is 11.6 Å². The first-order valence-electron chi connectivity index (χ1n) is 8.09. The van der Waals surface area contributed by atoms with Crippen LogP contribution >= 0.6 is 0 Å². The molecular formula is C16H30N2O2. The lowest BCUT2D eigenvalue weighted by atomic mass is 9.98. The molecule has 2 saturated heterocycles. The number of hydrogen-bond donors (Lipinski definition) is 1. The van der Waals surface area contributed by atoms with Crippen molar-refractivity contribution in [2.45, 2.75) is 83.5 Å². The summed E-state index contributed by atoms with van der Waals surface area (Å²) in [5, 5.41) is 3.67. The maximum atomic E-state index is 12.1. The van der Waals surface area contributed by atoms with E-state index in [1.165, 1.54) is 25.7 Å². The summed E-state index contributed by atoms with van der Waals surface area (Å²) in [5.74, 6) is -0.0863. The molecule has 0 aliphatic carbocycles. The highest BCUT2D eigenvalue weighted by molar-refractivity contribution is 5.72. The van der Waals surface area contributed by atoms with Crippen molar-refractivity contribution in [3.8, 4) is 0 Å². The van der Waals surface area contributed by atoms with Gasteiger partial charge in [-0.25, -0.2) is 0 Å². The number of piperidine rings is 1. The Hall–Kier alpha value is -0.610. The standard InChI is InChI=1S/C16H30N2O2/c1-5-8-18(11-15(19)20-16(2,3)4)14-9-12-6-7-13(10-14)17-12/h12-14,17H,5-11H2,1-4H3. The first kappa shape index (κ1) is 15.8. The van der Waals surface area contributed by atoms with Gasteiger partial charge in [-0.2, -0.15) is 0 Å². The quantitative estimate of drug-likeness (QED) is 0.786. The van der Waals surface area contributed by atoms with Crippen molar-refractivity contribution in [2.24, 2.45) is 0 Å². The molecule has 2 bridgehead atoms. The Morgan fingerprint density at radius 2 is 1.85 bits per heavy atom. The number of carbonyl (C=O) groups excluding carboxylic acids is 1. The van der Waals surface area contributed by atoms with E-state index in [1.807, 2.05) is 20.8 Å². The summed E-state index contributed by atoms with van der Waals surface area (Å²) < 4.78 is 5.48. The zero-order chi connectivity index (χ0) is 14.8. The lowest BCUT2D eigenvalue weighted by Crippen LogP contribution is -2.50. The molecule has 0 amide bonds. The van der Waals surface area contributed by atoms with Gasteiger partial charge in [0.2, 0.25) is 0 Å². The summed E-state index contributed by atoms with van der Waals surface area (Å²) in [6.45, 7) is 9.40. The molecule has 1 N–H and O–H groups in total. The van der Waals surface area contributed by atoms with Gasteiger partial charge in [0.1, 0.15) is 5.60 Å². The Kier molecular flexibility index (Phi) is 5.08. The Morgan fingerprint density at radius 1 is 1.25 bits per heavy atom. The maximum Gasteiger partial charge on any atom is 0.320 e. The minimum atomic E-state index is -0.387. The van der Waals surface area contributed by atoms with E-state index in [0.717, 1.165) is 13.0 Å². The summed E-state index contributed by atoms with van der Waals surface area (Å²) >= 11 is 0. The van der Waals surface area contributed by atoms with Crippen LogP contribution in [0.5, 0.6) is 0 Å². The van der Waals surface area contributed by atoms with Crippen molar-refractivity contribution in [2.75, 3.05) is 13.1 Å². The van der Waals surface area contributed by atoms with Gasteiger partial charge in [0, 0.05) is 18.1 Å². The van der Waals surface area contributed by atoms with E-state index >= 15 is 0 Å². The Morgan fingerprint density at radius 3 is 2.35 bits per heavy atom. The number of ether oxygens (including phenoxy) is 1. The second-order valence-electron chi connectivity index (χ2n) is 7.32.